The van der Waals surface area contributed by atoms with E-state index in [0.717, 1.165) is 12.8 Å². The van der Waals surface area contributed by atoms with Crippen molar-refractivity contribution in [1.82, 2.24) is 0 Å². The normalized spacial score (nSPS) is 22.5. The fraction of sp³-hybridized carbons (Fsp3) is 0.684. The monoisotopic (exact) mass is 306 g/mol. The Bertz CT molecular complexity index is 447. The molecule has 1 aliphatic carbocycles. The second kappa shape index (κ2) is 7.00. The highest BCUT2D eigenvalue weighted by Crippen LogP contribution is 2.40. The minimum atomic E-state index is -1.48. The zero-order valence-electron chi connectivity index (χ0n) is 15.2. The molecule has 0 unspecified atom stereocenters. The third-order valence-corrected chi connectivity index (χ3v) is 5.06. The van der Waals surface area contributed by atoms with Crippen LogP contribution in [0.25, 0.3) is 0 Å². The molecule has 0 aromatic carbocycles. The molecule has 0 aromatic rings. The molecule has 0 saturated heterocycles. The summed E-state index contributed by atoms with van der Waals surface area (Å²) in [6.45, 7) is 19.8. The summed E-state index contributed by atoms with van der Waals surface area (Å²) in [4.78, 5) is 0. The Kier molecular flexibility index (Phi) is 6.09. The van der Waals surface area contributed by atoms with Gasteiger partial charge in [-0.05, 0) is 83.2 Å². The van der Waals surface area contributed by atoms with Crippen molar-refractivity contribution in [3.8, 4) is 0 Å². The topological polar surface area (TPSA) is 9.23 Å². The van der Waals surface area contributed by atoms with Gasteiger partial charge in [-0.2, -0.15) is 0 Å². The summed E-state index contributed by atoms with van der Waals surface area (Å²) in [7, 11) is -1.48. The van der Waals surface area contributed by atoms with Gasteiger partial charge in [-0.25, -0.2) is 0 Å². The quantitative estimate of drug-likeness (QED) is 0.396. The highest BCUT2D eigenvalue weighted by molar-refractivity contribution is 6.70. The van der Waals surface area contributed by atoms with Gasteiger partial charge in [0.25, 0.3) is 0 Å². The molecule has 0 N–H and O–H groups in total. The molecule has 0 bridgehead atoms. The van der Waals surface area contributed by atoms with Crippen LogP contribution in [0.5, 0.6) is 0 Å². The van der Waals surface area contributed by atoms with E-state index < -0.39 is 8.32 Å². The van der Waals surface area contributed by atoms with E-state index in [9.17, 15) is 0 Å². The summed E-state index contributed by atoms with van der Waals surface area (Å²) in [5, 5.41) is 0. The van der Waals surface area contributed by atoms with Gasteiger partial charge in [-0.1, -0.05) is 24.6 Å². The molecule has 0 saturated carbocycles. The molecule has 2 heteroatoms. The standard InChI is InChI=1S/C19H34OSi/c1-15(2)18(16(3)4)11-13-19(5)12-9-10-17(14-19)20-21(6,7)8/h14H,1,9-13H2,2-8H3/t19-/m0/s1. The van der Waals surface area contributed by atoms with Gasteiger partial charge in [0.15, 0.2) is 0 Å². The maximum atomic E-state index is 6.25. The van der Waals surface area contributed by atoms with Crippen molar-refractivity contribution < 1.29 is 4.43 Å². The van der Waals surface area contributed by atoms with Gasteiger partial charge < -0.3 is 4.43 Å². The molecule has 0 spiro atoms. The Labute approximate surface area is 133 Å². The number of rotatable bonds is 6. The zero-order valence-corrected chi connectivity index (χ0v) is 16.2. The van der Waals surface area contributed by atoms with Gasteiger partial charge in [-0.15, -0.1) is 0 Å². The number of hydrogen-bond donors (Lipinski definition) is 0. The lowest BCUT2D eigenvalue weighted by Gasteiger charge is -2.34. The minimum Gasteiger partial charge on any atom is -0.548 e. The van der Waals surface area contributed by atoms with Crippen LogP contribution >= 0.6 is 0 Å². The van der Waals surface area contributed by atoms with Crippen LogP contribution in [0, 0.1) is 5.41 Å². The van der Waals surface area contributed by atoms with Gasteiger partial charge in [0.05, 0.1) is 5.76 Å². The van der Waals surface area contributed by atoms with Crippen LogP contribution in [0.3, 0.4) is 0 Å². The predicted octanol–water partition coefficient (Wildman–Crippen LogP) is 6.60. The molecule has 1 atom stereocenters. The third kappa shape index (κ3) is 6.25. The van der Waals surface area contributed by atoms with Gasteiger partial charge >= 0.3 is 0 Å². The Morgan fingerprint density at radius 1 is 1.29 bits per heavy atom. The fourth-order valence-electron chi connectivity index (χ4n) is 3.17. The largest absolute Gasteiger partial charge is 0.548 e. The van der Waals surface area contributed by atoms with E-state index in [1.54, 1.807) is 0 Å². The van der Waals surface area contributed by atoms with Crippen molar-refractivity contribution in [1.29, 1.82) is 0 Å². The van der Waals surface area contributed by atoms with Crippen LogP contribution in [0.15, 0.2) is 35.1 Å². The van der Waals surface area contributed by atoms with Gasteiger partial charge in [0.2, 0.25) is 8.32 Å². The van der Waals surface area contributed by atoms with E-state index in [2.05, 4.69) is 60.0 Å². The van der Waals surface area contributed by atoms with Crippen molar-refractivity contribution in [3.05, 3.63) is 35.1 Å². The van der Waals surface area contributed by atoms with Crippen LogP contribution < -0.4 is 0 Å². The van der Waals surface area contributed by atoms with Crippen LogP contribution in [0.1, 0.15) is 59.8 Å². The Morgan fingerprint density at radius 3 is 2.38 bits per heavy atom. The van der Waals surface area contributed by atoms with Crippen LogP contribution in [0.2, 0.25) is 19.6 Å². The Morgan fingerprint density at radius 2 is 1.90 bits per heavy atom. The molecule has 120 valence electrons. The first-order valence-electron chi connectivity index (χ1n) is 8.25. The van der Waals surface area contributed by atoms with E-state index in [1.165, 1.54) is 41.7 Å². The lowest BCUT2D eigenvalue weighted by Crippen LogP contribution is -2.28. The van der Waals surface area contributed by atoms with Crippen molar-refractivity contribution in [2.24, 2.45) is 5.41 Å². The molecular weight excluding hydrogens is 272 g/mol. The molecule has 0 amide bonds. The van der Waals surface area contributed by atoms with E-state index in [0.29, 0.717) is 0 Å². The predicted molar refractivity (Wildman–Crippen MR) is 96.9 cm³/mol. The molecular formula is C19H34OSi. The molecule has 1 nitrogen and oxygen atoms in total. The second-order valence-electron chi connectivity index (χ2n) is 8.09. The molecule has 21 heavy (non-hydrogen) atoms. The highest BCUT2D eigenvalue weighted by atomic mass is 28.4. The fourth-order valence-corrected chi connectivity index (χ4v) is 4.12. The molecule has 0 radical (unpaired) electrons. The van der Waals surface area contributed by atoms with Crippen LogP contribution in [0.4, 0.5) is 0 Å². The van der Waals surface area contributed by atoms with Crippen molar-refractivity contribution in [2.45, 2.75) is 79.4 Å². The lowest BCUT2D eigenvalue weighted by molar-refractivity contribution is 0.282. The summed E-state index contributed by atoms with van der Waals surface area (Å²) < 4.78 is 6.25. The Hall–Kier alpha value is -0.763. The number of allylic oxidation sites excluding steroid dienone is 5. The first-order valence-corrected chi connectivity index (χ1v) is 11.7. The van der Waals surface area contributed by atoms with E-state index >= 15 is 0 Å². The van der Waals surface area contributed by atoms with Gasteiger partial charge in [0.1, 0.15) is 0 Å². The van der Waals surface area contributed by atoms with E-state index in [4.69, 9.17) is 4.43 Å². The Balaban J connectivity index is 2.79. The van der Waals surface area contributed by atoms with Crippen LogP contribution in [-0.2, 0) is 4.43 Å². The summed E-state index contributed by atoms with van der Waals surface area (Å²) in [5.74, 6) is 1.25. The van der Waals surface area contributed by atoms with Gasteiger partial charge in [-0.3, -0.25) is 0 Å². The van der Waals surface area contributed by atoms with Gasteiger partial charge in [0, 0.05) is 6.42 Å². The van der Waals surface area contributed by atoms with Crippen LogP contribution in [-0.4, -0.2) is 8.32 Å². The summed E-state index contributed by atoms with van der Waals surface area (Å²) in [5.41, 5.74) is 4.35. The third-order valence-electron chi connectivity index (χ3n) is 4.18. The minimum absolute atomic E-state index is 0.281. The smallest absolute Gasteiger partial charge is 0.241 e. The summed E-state index contributed by atoms with van der Waals surface area (Å²) in [6.07, 6.45) is 8.40. The maximum absolute atomic E-state index is 6.25. The molecule has 0 heterocycles. The zero-order chi connectivity index (χ0) is 16.3. The maximum Gasteiger partial charge on any atom is 0.241 e. The highest BCUT2D eigenvalue weighted by Gasteiger charge is 2.28. The molecule has 0 aliphatic heterocycles. The van der Waals surface area contributed by atoms with E-state index in [1.807, 2.05) is 0 Å². The average Bonchev–Trinajstić information content (AvgIpc) is 2.25. The lowest BCUT2D eigenvalue weighted by atomic mass is 9.75. The summed E-state index contributed by atoms with van der Waals surface area (Å²) >= 11 is 0. The van der Waals surface area contributed by atoms with Crippen molar-refractivity contribution >= 4 is 8.32 Å². The average molecular weight is 307 g/mol. The van der Waals surface area contributed by atoms with E-state index in [-0.39, 0.29) is 5.41 Å². The first-order chi connectivity index (χ1) is 9.52. The molecule has 1 aliphatic rings. The SMILES string of the molecule is C=C(C)C(CC[C@@]1(C)C=C(O[Si](C)(C)C)CCC1)=C(C)C. The first kappa shape index (κ1) is 18.3. The molecule has 0 fully saturated rings. The summed E-state index contributed by atoms with van der Waals surface area (Å²) in [6, 6.07) is 0. The second-order valence-corrected chi connectivity index (χ2v) is 12.5. The molecule has 1 rings (SSSR count). The number of hydrogen-bond acceptors (Lipinski definition) is 1. The molecule has 0 aromatic heterocycles. The van der Waals surface area contributed by atoms with Crippen molar-refractivity contribution in [2.75, 3.05) is 0 Å². The van der Waals surface area contributed by atoms with Crippen molar-refractivity contribution in [3.63, 3.8) is 0 Å².